The molecule has 0 saturated heterocycles. The molecule has 25 heavy (non-hydrogen) atoms. The Morgan fingerprint density at radius 2 is 2.20 bits per heavy atom. The van der Waals surface area contributed by atoms with E-state index in [2.05, 4.69) is 15.4 Å². The molecule has 0 bridgehead atoms. The lowest BCUT2D eigenvalue weighted by atomic mass is 10.2. The molecule has 1 aliphatic heterocycles. The van der Waals surface area contributed by atoms with Crippen LogP contribution in [0.3, 0.4) is 0 Å². The summed E-state index contributed by atoms with van der Waals surface area (Å²) < 4.78 is 8.33. The molecule has 0 unspecified atom stereocenters. The standard InChI is InChI=1S/C17H17N5O3/c1-21-14(17(24)25-2)13(11-6-3-7-18-15(11)21)19-16(23)12-9-10-5-4-8-22(10)20-12/h3,6-7,9H,4-5,8H2,1-2H3,(H,19,23). The molecule has 0 aliphatic carbocycles. The van der Waals surface area contributed by atoms with Crippen molar-refractivity contribution in [2.75, 3.05) is 12.4 Å². The molecule has 0 fully saturated rings. The smallest absolute Gasteiger partial charge is 0.356 e. The molecule has 0 radical (unpaired) electrons. The first-order chi connectivity index (χ1) is 12.1. The minimum atomic E-state index is -0.539. The molecule has 1 N–H and O–H groups in total. The van der Waals surface area contributed by atoms with Gasteiger partial charge in [0.05, 0.1) is 12.8 Å². The number of pyridine rings is 1. The van der Waals surface area contributed by atoms with Crippen LogP contribution >= 0.6 is 0 Å². The van der Waals surface area contributed by atoms with Crippen molar-refractivity contribution in [1.82, 2.24) is 19.3 Å². The highest BCUT2D eigenvalue weighted by atomic mass is 16.5. The number of hydrogen-bond acceptors (Lipinski definition) is 5. The van der Waals surface area contributed by atoms with Crippen LogP contribution in [0.25, 0.3) is 11.0 Å². The van der Waals surface area contributed by atoms with Crippen LogP contribution in [0.15, 0.2) is 24.4 Å². The maximum atomic E-state index is 12.7. The molecular formula is C17H17N5O3. The number of hydrogen-bond donors (Lipinski definition) is 1. The average Bonchev–Trinajstić information content (AvgIpc) is 3.28. The van der Waals surface area contributed by atoms with Gasteiger partial charge in [-0.15, -0.1) is 0 Å². The normalized spacial score (nSPS) is 13.0. The summed E-state index contributed by atoms with van der Waals surface area (Å²) in [7, 11) is 3.02. The van der Waals surface area contributed by atoms with Gasteiger partial charge in [-0.05, 0) is 31.0 Å². The molecule has 8 nitrogen and oxygen atoms in total. The van der Waals surface area contributed by atoms with Gasteiger partial charge in [-0.2, -0.15) is 5.10 Å². The lowest BCUT2D eigenvalue weighted by Crippen LogP contribution is -2.17. The fraction of sp³-hybridized carbons (Fsp3) is 0.294. The van der Waals surface area contributed by atoms with E-state index < -0.39 is 5.97 Å². The van der Waals surface area contributed by atoms with Gasteiger partial charge in [-0.25, -0.2) is 9.78 Å². The minimum Gasteiger partial charge on any atom is -0.464 e. The van der Waals surface area contributed by atoms with Crippen LogP contribution < -0.4 is 5.32 Å². The number of fused-ring (bicyclic) bond motifs is 2. The molecular weight excluding hydrogens is 322 g/mol. The summed E-state index contributed by atoms with van der Waals surface area (Å²) in [6, 6.07) is 5.35. The molecule has 1 aliphatic rings. The Hall–Kier alpha value is -3.16. The third-order valence-corrected chi connectivity index (χ3v) is 4.46. The van der Waals surface area contributed by atoms with Gasteiger partial charge in [0.1, 0.15) is 5.65 Å². The fourth-order valence-electron chi connectivity index (χ4n) is 3.27. The van der Waals surface area contributed by atoms with Crippen molar-refractivity contribution in [3.63, 3.8) is 0 Å². The van der Waals surface area contributed by atoms with Crippen molar-refractivity contribution < 1.29 is 14.3 Å². The molecule has 0 atom stereocenters. The Labute approximate surface area is 143 Å². The van der Waals surface area contributed by atoms with Crippen molar-refractivity contribution in [3.8, 4) is 0 Å². The topological polar surface area (TPSA) is 91.0 Å². The van der Waals surface area contributed by atoms with E-state index in [9.17, 15) is 9.59 Å². The average molecular weight is 339 g/mol. The van der Waals surface area contributed by atoms with Crippen molar-refractivity contribution >= 4 is 28.6 Å². The van der Waals surface area contributed by atoms with Gasteiger partial charge in [-0.3, -0.25) is 9.48 Å². The van der Waals surface area contributed by atoms with E-state index in [1.165, 1.54) is 7.11 Å². The summed E-state index contributed by atoms with van der Waals surface area (Å²) in [5.74, 6) is -0.897. The van der Waals surface area contributed by atoms with Crippen molar-refractivity contribution in [3.05, 3.63) is 41.5 Å². The van der Waals surface area contributed by atoms with E-state index in [1.807, 2.05) is 4.68 Å². The summed E-state index contributed by atoms with van der Waals surface area (Å²) in [6.07, 6.45) is 3.60. The number of amides is 1. The van der Waals surface area contributed by atoms with E-state index in [-0.39, 0.29) is 11.6 Å². The lowest BCUT2D eigenvalue weighted by Gasteiger charge is -2.06. The Balaban J connectivity index is 1.77. The van der Waals surface area contributed by atoms with Gasteiger partial charge in [0.2, 0.25) is 0 Å². The predicted molar refractivity (Wildman–Crippen MR) is 90.6 cm³/mol. The number of aromatic nitrogens is 4. The number of ether oxygens (including phenoxy) is 1. The first kappa shape index (κ1) is 15.4. The van der Waals surface area contributed by atoms with Crippen LogP contribution in [0.5, 0.6) is 0 Å². The molecule has 4 heterocycles. The largest absolute Gasteiger partial charge is 0.464 e. The maximum Gasteiger partial charge on any atom is 0.356 e. The first-order valence-corrected chi connectivity index (χ1v) is 8.00. The molecule has 0 spiro atoms. The Morgan fingerprint density at radius 3 is 2.96 bits per heavy atom. The third kappa shape index (κ3) is 2.37. The maximum absolute atomic E-state index is 12.7. The zero-order valence-electron chi connectivity index (χ0n) is 13.9. The van der Waals surface area contributed by atoms with Crippen LogP contribution in [0.4, 0.5) is 5.69 Å². The van der Waals surface area contributed by atoms with Crippen molar-refractivity contribution in [2.24, 2.45) is 7.05 Å². The Bertz CT molecular complexity index is 980. The Morgan fingerprint density at radius 1 is 1.36 bits per heavy atom. The minimum absolute atomic E-state index is 0.247. The second kappa shape index (κ2) is 5.73. The number of rotatable bonds is 3. The molecule has 0 aromatic carbocycles. The molecule has 3 aromatic rings. The Kier molecular flexibility index (Phi) is 3.52. The number of esters is 1. The zero-order chi connectivity index (χ0) is 17.6. The number of carbonyl (C=O) groups is 2. The van der Waals surface area contributed by atoms with Gasteiger partial charge < -0.3 is 14.6 Å². The van der Waals surface area contributed by atoms with E-state index in [0.717, 1.165) is 25.1 Å². The monoisotopic (exact) mass is 339 g/mol. The van der Waals surface area contributed by atoms with Gasteiger partial charge >= 0.3 is 5.97 Å². The molecule has 8 heteroatoms. The van der Waals surface area contributed by atoms with Gasteiger partial charge in [0.15, 0.2) is 11.4 Å². The lowest BCUT2D eigenvalue weighted by molar-refractivity contribution is 0.0591. The highest BCUT2D eigenvalue weighted by Crippen LogP contribution is 2.30. The van der Waals surface area contributed by atoms with E-state index >= 15 is 0 Å². The SMILES string of the molecule is COC(=O)c1c(NC(=O)c2cc3n(n2)CCC3)c2cccnc2n1C. The quantitative estimate of drug-likeness (QED) is 0.734. The number of anilines is 1. The number of nitrogens with one attached hydrogen (secondary N) is 1. The summed E-state index contributed by atoms with van der Waals surface area (Å²) in [5, 5.41) is 7.82. The van der Waals surface area contributed by atoms with Crippen LogP contribution in [0, 0.1) is 0 Å². The first-order valence-electron chi connectivity index (χ1n) is 8.00. The van der Waals surface area contributed by atoms with E-state index in [0.29, 0.717) is 22.4 Å². The predicted octanol–water partition coefficient (Wildman–Crippen LogP) is 1.75. The number of aryl methyl sites for hydroxylation is 3. The molecule has 3 aromatic heterocycles. The van der Waals surface area contributed by atoms with Gasteiger partial charge in [-0.1, -0.05) is 0 Å². The van der Waals surface area contributed by atoms with Crippen molar-refractivity contribution in [1.29, 1.82) is 0 Å². The van der Waals surface area contributed by atoms with Gasteiger partial charge in [0, 0.05) is 30.9 Å². The molecule has 0 saturated carbocycles. The van der Waals surface area contributed by atoms with Crippen LogP contribution in [-0.2, 0) is 24.8 Å². The zero-order valence-corrected chi connectivity index (χ0v) is 13.9. The highest BCUT2D eigenvalue weighted by molar-refractivity contribution is 6.13. The fourth-order valence-corrected chi connectivity index (χ4v) is 3.27. The summed E-state index contributed by atoms with van der Waals surface area (Å²) in [4.78, 5) is 29.2. The van der Waals surface area contributed by atoms with E-state index in [1.54, 1.807) is 36.0 Å². The van der Waals surface area contributed by atoms with Gasteiger partial charge in [0.25, 0.3) is 5.91 Å². The summed E-state index contributed by atoms with van der Waals surface area (Å²) in [6.45, 7) is 0.828. The summed E-state index contributed by atoms with van der Waals surface area (Å²) >= 11 is 0. The van der Waals surface area contributed by atoms with Crippen LogP contribution in [0.2, 0.25) is 0 Å². The molecule has 1 amide bonds. The second-order valence-electron chi connectivity index (χ2n) is 5.95. The summed E-state index contributed by atoms with van der Waals surface area (Å²) in [5.41, 5.74) is 2.61. The molecule has 4 rings (SSSR count). The van der Waals surface area contributed by atoms with Crippen molar-refractivity contribution in [2.45, 2.75) is 19.4 Å². The second-order valence-corrected chi connectivity index (χ2v) is 5.95. The molecule has 128 valence electrons. The van der Waals surface area contributed by atoms with Crippen LogP contribution in [0.1, 0.15) is 33.1 Å². The number of carbonyl (C=O) groups excluding carboxylic acids is 2. The number of methoxy groups -OCH3 is 1. The number of nitrogens with zero attached hydrogens (tertiary/aromatic N) is 4. The van der Waals surface area contributed by atoms with Crippen LogP contribution in [-0.4, -0.2) is 38.3 Å². The van der Waals surface area contributed by atoms with E-state index in [4.69, 9.17) is 4.74 Å². The third-order valence-electron chi connectivity index (χ3n) is 4.46. The highest BCUT2D eigenvalue weighted by Gasteiger charge is 2.25.